The van der Waals surface area contributed by atoms with Gasteiger partial charge in [-0.15, -0.1) is 0 Å². The van der Waals surface area contributed by atoms with Crippen LogP contribution in [0.15, 0.2) is 53.0 Å². The Labute approximate surface area is 135 Å². The van der Waals surface area contributed by atoms with Gasteiger partial charge in [0.05, 0.1) is 13.2 Å². The quantitative estimate of drug-likeness (QED) is 0.718. The predicted molar refractivity (Wildman–Crippen MR) is 91.3 cm³/mol. The maximum absolute atomic E-state index is 5.87. The van der Waals surface area contributed by atoms with Crippen LogP contribution in [0.1, 0.15) is 23.6 Å². The Kier molecular flexibility index (Phi) is 6.93. The van der Waals surface area contributed by atoms with Gasteiger partial charge < -0.3 is 10.1 Å². The molecule has 1 N–H and O–H groups in total. The first-order valence-electron chi connectivity index (χ1n) is 7.39. The van der Waals surface area contributed by atoms with E-state index in [1.54, 1.807) is 0 Å². The molecule has 3 heteroatoms. The fourth-order valence-corrected chi connectivity index (χ4v) is 2.69. The summed E-state index contributed by atoms with van der Waals surface area (Å²) in [6, 6.07) is 16.8. The fraction of sp³-hybridized carbons (Fsp3) is 0.333. The van der Waals surface area contributed by atoms with E-state index in [0.29, 0.717) is 13.2 Å². The molecule has 0 atom stereocenters. The number of hydrogen-bond acceptors (Lipinski definition) is 2. The minimum atomic E-state index is 0.640. The number of rotatable bonds is 8. The molecule has 0 radical (unpaired) electrons. The van der Waals surface area contributed by atoms with E-state index in [0.717, 1.165) is 24.0 Å². The standard InChI is InChI=1S/C18H22BrNO/c1-2-20-11-10-16-7-3-4-8-17(16)14-21-13-15-6-5-9-18(19)12-15/h3-9,12,20H,2,10-11,13-14H2,1H3. The average Bonchev–Trinajstić information content (AvgIpc) is 2.49. The molecule has 0 saturated heterocycles. The number of likely N-dealkylation sites (N-methyl/N-ethyl adjacent to an activating group) is 1. The molecule has 0 amide bonds. The molecule has 0 heterocycles. The minimum absolute atomic E-state index is 0.640. The first-order chi connectivity index (χ1) is 10.3. The van der Waals surface area contributed by atoms with E-state index >= 15 is 0 Å². The number of halogens is 1. The van der Waals surface area contributed by atoms with Crippen molar-refractivity contribution in [3.63, 3.8) is 0 Å². The van der Waals surface area contributed by atoms with Crippen LogP contribution in [0.4, 0.5) is 0 Å². The zero-order chi connectivity index (χ0) is 14.9. The lowest BCUT2D eigenvalue weighted by Gasteiger charge is -2.11. The summed E-state index contributed by atoms with van der Waals surface area (Å²) >= 11 is 3.48. The zero-order valence-electron chi connectivity index (χ0n) is 12.4. The highest BCUT2D eigenvalue weighted by Gasteiger charge is 2.02. The molecular formula is C18H22BrNO. The predicted octanol–water partition coefficient (Wildman–Crippen LogP) is 4.32. The average molecular weight is 348 g/mol. The van der Waals surface area contributed by atoms with E-state index in [1.807, 2.05) is 12.1 Å². The highest BCUT2D eigenvalue weighted by atomic mass is 79.9. The molecule has 0 unspecified atom stereocenters. The summed E-state index contributed by atoms with van der Waals surface area (Å²) in [5.41, 5.74) is 3.84. The molecule has 0 saturated carbocycles. The molecule has 0 fully saturated rings. The molecule has 0 bridgehead atoms. The molecule has 2 nitrogen and oxygen atoms in total. The van der Waals surface area contributed by atoms with Crippen LogP contribution in [-0.4, -0.2) is 13.1 Å². The van der Waals surface area contributed by atoms with Crippen molar-refractivity contribution in [2.75, 3.05) is 13.1 Å². The van der Waals surface area contributed by atoms with Crippen LogP contribution in [0.2, 0.25) is 0 Å². The molecule has 0 aliphatic heterocycles. The van der Waals surface area contributed by atoms with Gasteiger partial charge in [-0.1, -0.05) is 59.3 Å². The number of benzene rings is 2. The van der Waals surface area contributed by atoms with Crippen LogP contribution in [0.3, 0.4) is 0 Å². The third kappa shape index (κ3) is 5.62. The lowest BCUT2D eigenvalue weighted by atomic mass is 10.1. The monoisotopic (exact) mass is 347 g/mol. The maximum atomic E-state index is 5.87. The Morgan fingerprint density at radius 1 is 1.00 bits per heavy atom. The highest BCUT2D eigenvalue weighted by molar-refractivity contribution is 9.10. The smallest absolute Gasteiger partial charge is 0.0724 e. The summed E-state index contributed by atoms with van der Waals surface area (Å²) in [5, 5.41) is 3.37. The normalized spacial score (nSPS) is 10.8. The third-order valence-corrected chi connectivity index (χ3v) is 3.85. The van der Waals surface area contributed by atoms with Crippen molar-refractivity contribution in [3.05, 3.63) is 69.7 Å². The number of ether oxygens (including phenoxy) is 1. The van der Waals surface area contributed by atoms with E-state index in [9.17, 15) is 0 Å². The van der Waals surface area contributed by atoms with E-state index < -0.39 is 0 Å². The van der Waals surface area contributed by atoms with Gasteiger partial charge in [-0.3, -0.25) is 0 Å². The summed E-state index contributed by atoms with van der Waals surface area (Å²) in [6.45, 7) is 5.46. The molecule has 0 spiro atoms. The Bertz CT molecular complexity index is 556. The summed E-state index contributed by atoms with van der Waals surface area (Å²) in [5.74, 6) is 0. The Hall–Kier alpha value is -1.16. The first-order valence-corrected chi connectivity index (χ1v) is 8.18. The van der Waals surface area contributed by atoms with Crippen LogP contribution in [0.25, 0.3) is 0 Å². The molecule has 0 aliphatic rings. The van der Waals surface area contributed by atoms with Crippen LogP contribution < -0.4 is 5.32 Å². The molecule has 21 heavy (non-hydrogen) atoms. The van der Waals surface area contributed by atoms with Gasteiger partial charge in [0.2, 0.25) is 0 Å². The zero-order valence-corrected chi connectivity index (χ0v) is 14.0. The van der Waals surface area contributed by atoms with Gasteiger partial charge in [0.15, 0.2) is 0 Å². The van der Waals surface area contributed by atoms with Gasteiger partial charge in [0, 0.05) is 4.47 Å². The summed E-state index contributed by atoms with van der Waals surface area (Å²) in [7, 11) is 0. The Morgan fingerprint density at radius 2 is 1.81 bits per heavy atom. The van der Waals surface area contributed by atoms with E-state index in [1.165, 1.54) is 16.7 Å². The van der Waals surface area contributed by atoms with Crippen LogP contribution in [0.5, 0.6) is 0 Å². The summed E-state index contributed by atoms with van der Waals surface area (Å²) < 4.78 is 6.96. The Morgan fingerprint density at radius 3 is 2.57 bits per heavy atom. The second-order valence-corrected chi connectivity index (χ2v) is 5.91. The van der Waals surface area contributed by atoms with Crippen LogP contribution >= 0.6 is 15.9 Å². The highest BCUT2D eigenvalue weighted by Crippen LogP contribution is 2.15. The fourth-order valence-electron chi connectivity index (χ4n) is 2.25. The number of hydrogen-bond donors (Lipinski definition) is 1. The van der Waals surface area contributed by atoms with Crippen molar-refractivity contribution in [2.24, 2.45) is 0 Å². The maximum Gasteiger partial charge on any atom is 0.0724 e. The largest absolute Gasteiger partial charge is 0.372 e. The molecular weight excluding hydrogens is 326 g/mol. The van der Waals surface area contributed by atoms with Crippen molar-refractivity contribution < 1.29 is 4.74 Å². The Balaban J connectivity index is 1.87. The molecule has 2 rings (SSSR count). The SMILES string of the molecule is CCNCCc1ccccc1COCc1cccc(Br)c1. The van der Waals surface area contributed by atoms with Crippen molar-refractivity contribution in [3.8, 4) is 0 Å². The van der Waals surface area contributed by atoms with Crippen molar-refractivity contribution >= 4 is 15.9 Å². The van der Waals surface area contributed by atoms with Gasteiger partial charge in [0.1, 0.15) is 0 Å². The van der Waals surface area contributed by atoms with Gasteiger partial charge in [-0.2, -0.15) is 0 Å². The minimum Gasteiger partial charge on any atom is -0.372 e. The van der Waals surface area contributed by atoms with Gasteiger partial charge in [-0.25, -0.2) is 0 Å². The second kappa shape index (κ2) is 8.98. The summed E-state index contributed by atoms with van der Waals surface area (Å²) in [6.07, 6.45) is 1.05. The van der Waals surface area contributed by atoms with Crippen molar-refractivity contribution in [1.29, 1.82) is 0 Å². The lowest BCUT2D eigenvalue weighted by molar-refractivity contribution is 0.106. The second-order valence-electron chi connectivity index (χ2n) is 4.99. The van der Waals surface area contributed by atoms with Crippen molar-refractivity contribution in [1.82, 2.24) is 5.32 Å². The van der Waals surface area contributed by atoms with Crippen LogP contribution in [0, 0.1) is 0 Å². The first kappa shape index (κ1) is 16.2. The molecule has 2 aromatic rings. The van der Waals surface area contributed by atoms with E-state index in [4.69, 9.17) is 4.74 Å². The number of nitrogens with one attached hydrogen (secondary N) is 1. The van der Waals surface area contributed by atoms with E-state index in [-0.39, 0.29) is 0 Å². The molecule has 0 aliphatic carbocycles. The van der Waals surface area contributed by atoms with Gasteiger partial charge in [-0.05, 0) is 48.3 Å². The van der Waals surface area contributed by atoms with E-state index in [2.05, 4.69) is 64.6 Å². The molecule has 112 valence electrons. The van der Waals surface area contributed by atoms with Crippen LogP contribution in [-0.2, 0) is 24.4 Å². The van der Waals surface area contributed by atoms with Gasteiger partial charge >= 0.3 is 0 Å². The van der Waals surface area contributed by atoms with Gasteiger partial charge in [0.25, 0.3) is 0 Å². The van der Waals surface area contributed by atoms with Crippen molar-refractivity contribution in [2.45, 2.75) is 26.6 Å². The molecule has 2 aromatic carbocycles. The topological polar surface area (TPSA) is 21.3 Å². The lowest BCUT2D eigenvalue weighted by Crippen LogP contribution is -2.16. The molecule has 0 aromatic heterocycles. The summed E-state index contributed by atoms with van der Waals surface area (Å²) in [4.78, 5) is 0. The third-order valence-electron chi connectivity index (χ3n) is 3.35.